The summed E-state index contributed by atoms with van der Waals surface area (Å²) in [5, 5.41) is 0. The Morgan fingerprint density at radius 3 is 3.17 bits per heavy atom. The molecule has 0 aromatic carbocycles. The minimum atomic E-state index is -2.15. The predicted octanol–water partition coefficient (Wildman–Crippen LogP) is -0.00270. The summed E-state index contributed by atoms with van der Waals surface area (Å²) in [5.41, 5.74) is 0. The summed E-state index contributed by atoms with van der Waals surface area (Å²) in [4.78, 5) is 5.80. The normalized spacial score (nSPS) is 18.2. The van der Waals surface area contributed by atoms with E-state index < -0.39 is 11.4 Å². The van der Waals surface area contributed by atoms with Crippen molar-refractivity contribution in [3.8, 4) is 0 Å². The largest absolute Gasteiger partial charge is 0.368 e. The quantitative estimate of drug-likeness (QED) is 0.634. The van der Waals surface area contributed by atoms with Crippen LogP contribution < -0.4 is 0 Å². The minimum Gasteiger partial charge on any atom is -0.368 e. The van der Waals surface area contributed by atoms with Gasteiger partial charge in [0.25, 0.3) is 0 Å². The second kappa shape index (κ2) is 5.02. The number of hydrogen-bond donors (Lipinski definition) is 1. The molecule has 0 radical (unpaired) electrons. The van der Waals surface area contributed by atoms with E-state index in [4.69, 9.17) is 4.55 Å². The molecule has 0 saturated carbocycles. The summed E-state index contributed by atoms with van der Waals surface area (Å²) in [6.07, 6.45) is 5.24. The van der Waals surface area contributed by atoms with Crippen LogP contribution in [0.3, 0.4) is 0 Å². The fourth-order valence-electron chi connectivity index (χ4n) is 0.798. The highest BCUT2D eigenvalue weighted by atomic mass is 32.2. The Bertz CT molecular complexity index is 217. The van der Waals surface area contributed by atoms with Crippen molar-refractivity contribution in [1.29, 1.82) is 0 Å². The van der Waals surface area contributed by atoms with Crippen LogP contribution >= 0.6 is 0 Å². The van der Waals surface area contributed by atoms with Crippen molar-refractivity contribution < 1.29 is 12.9 Å². The molecule has 1 atom stereocenters. The first-order valence-corrected chi connectivity index (χ1v) is 4.49. The molecule has 0 spiro atoms. The molecule has 1 aliphatic rings. The van der Waals surface area contributed by atoms with Gasteiger partial charge in [0.15, 0.2) is 0 Å². The van der Waals surface area contributed by atoms with Gasteiger partial charge in [-0.05, 0) is 0 Å². The molecule has 5 nitrogen and oxygen atoms in total. The highest BCUT2D eigenvalue weighted by molar-refractivity contribution is 7.74. The van der Waals surface area contributed by atoms with Gasteiger partial charge in [0.1, 0.15) is 0 Å². The number of aliphatic imine (C=N–C) groups is 1. The maximum atomic E-state index is 10.1. The SMILES string of the molecule is O=S(O)OCCN1C=CN=CC1. The maximum Gasteiger partial charge on any atom is 0.301 e. The summed E-state index contributed by atoms with van der Waals surface area (Å²) in [5.74, 6) is 0. The van der Waals surface area contributed by atoms with Crippen LogP contribution in [0.4, 0.5) is 0 Å². The van der Waals surface area contributed by atoms with Crippen LogP contribution in [0.2, 0.25) is 0 Å². The van der Waals surface area contributed by atoms with Gasteiger partial charge in [-0.2, -0.15) is 4.21 Å². The van der Waals surface area contributed by atoms with E-state index in [9.17, 15) is 4.21 Å². The standard InChI is InChI=1S/C6H10N2O3S/c9-12(10)11-6-5-8-3-1-7-2-4-8/h1-3H,4-6H2,(H,9,10). The molecule has 68 valence electrons. The number of rotatable bonds is 4. The molecular weight excluding hydrogens is 180 g/mol. The molecule has 0 saturated heterocycles. The Kier molecular flexibility index (Phi) is 3.92. The first-order valence-electron chi connectivity index (χ1n) is 3.45. The van der Waals surface area contributed by atoms with Crippen molar-refractivity contribution in [3.63, 3.8) is 0 Å². The number of hydrogen-bond acceptors (Lipinski definition) is 4. The van der Waals surface area contributed by atoms with Gasteiger partial charge in [0.2, 0.25) is 0 Å². The van der Waals surface area contributed by atoms with E-state index >= 15 is 0 Å². The lowest BCUT2D eigenvalue weighted by Crippen LogP contribution is -2.25. The van der Waals surface area contributed by atoms with Crippen LogP contribution in [0.5, 0.6) is 0 Å². The lowest BCUT2D eigenvalue weighted by Gasteiger charge is -2.18. The first kappa shape index (κ1) is 9.37. The Labute approximate surface area is 73.2 Å². The molecule has 1 unspecified atom stereocenters. The monoisotopic (exact) mass is 190 g/mol. The van der Waals surface area contributed by atoms with Gasteiger partial charge in [0.05, 0.1) is 13.2 Å². The molecule has 1 heterocycles. The van der Waals surface area contributed by atoms with Crippen molar-refractivity contribution in [2.75, 3.05) is 19.7 Å². The van der Waals surface area contributed by atoms with Crippen molar-refractivity contribution >= 4 is 17.6 Å². The lowest BCUT2D eigenvalue weighted by atomic mass is 10.5. The zero-order chi connectivity index (χ0) is 8.81. The average molecular weight is 190 g/mol. The Balaban J connectivity index is 2.11. The topological polar surface area (TPSA) is 62.1 Å². The van der Waals surface area contributed by atoms with Crippen LogP contribution in [0.1, 0.15) is 0 Å². The highest BCUT2D eigenvalue weighted by Crippen LogP contribution is 1.94. The molecular formula is C6H10N2O3S. The van der Waals surface area contributed by atoms with Crippen LogP contribution in [-0.2, 0) is 15.5 Å². The van der Waals surface area contributed by atoms with Gasteiger partial charge < -0.3 is 4.90 Å². The third-order valence-electron chi connectivity index (χ3n) is 1.35. The van der Waals surface area contributed by atoms with E-state index in [1.165, 1.54) is 0 Å². The molecule has 0 aliphatic carbocycles. The molecule has 0 amide bonds. The number of nitrogens with zero attached hydrogens (tertiary/aromatic N) is 2. The van der Waals surface area contributed by atoms with Crippen molar-refractivity contribution in [1.82, 2.24) is 4.90 Å². The molecule has 0 aromatic heterocycles. The van der Waals surface area contributed by atoms with E-state index in [1.54, 1.807) is 12.4 Å². The van der Waals surface area contributed by atoms with Crippen LogP contribution in [-0.4, -0.2) is 39.6 Å². The summed E-state index contributed by atoms with van der Waals surface area (Å²) in [6, 6.07) is 0. The Hall–Kier alpha value is -0.720. The van der Waals surface area contributed by atoms with E-state index in [0.717, 1.165) is 6.54 Å². The molecule has 12 heavy (non-hydrogen) atoms. The average Bonchev–Trinajstić information content (AvgIpc) is 2.05. The molecule has 1 aliphatic heterocycles. The van der Waals surface area contributed by atoms with Crippen LogP contribution in [0.15, 0.2) is 17.4 Å². The van der Waals surface area contributed by atoms with Gasteiger partial charge in [-0.15, -0.1) is 0 Å². The van der Waals surface area contributed by atoms with Crippen molar-refractivity contribution in [2.45, 2.75) is 0 Å². The van der Waals surface area contributed by atoms with Gasteiger partial charge in [-0.3, -0.25) is 13.7 Å². The van der Waals surface area contributed by atoms with Gasteiger partial charge >= 0.3 is 11.4 Å². The fourth-order valence-corrected chi connectivity index (χ4v) is 1.02. The van der Waals surface area contributed by atoms with E-state index in [1.807, 2.05) is 11.1 Å². The maximum absolute atomic E-state index is 10.1. The lowest BCUT2D eigenvalue weighted by molar-refractivity contribution is 0.264. The highest BCUT2D eigenvalue weighted by Gasteiger charge is 2.00. The van der Waals surface area contributed by atoms with E-state index in [-0.39, 0.29) is 6.61 Å². The van der Waals surface area contributed by atoms with Crippen molar-refractivity contribution in [3.05, 3.63) is 12.4 Å². The van der Waals surface area contributed by atoms with Crippen LogP contribution in [0.25, 0.3) is 0 Å². The second-order valence-electron chi connectivity index (χ2n) is 2.16. The molecule has 0 fully saturated rings. The summed E-state index contributed by atoms with van der Waals surface area (Å²) in [6.45, 7) is 1.55. The van der Waals surface area contributed by atoms with Crippen molar-refractivity contribution in [2.24, 2.45) is 4.99 Å². The smallest absolute Gasteiger partial charge is 0.301 e. The summed E-state index contributed by atoms with van der Waals surface area (Å²) in [7, 11) is 0. The predicted molar refractivity (Wildman–Crippen MR) is 45.9 cm³/mol. The minimum absolute atomic E-state index is 0.237. The Morgan fingerprint density at radius 2 is 2.58 bits per heavy atom. The first-order chi connectivity index (χ1) is 5.79. The molecule has 0 aromatic rings. The zero-order valence-electron chi connectivity index (χ0n) is 6.42. The Morgan fingerprint density at radius 1 is 1.75 bits per heavy atom. The van der Waals surface area contributed by atoms with Gasteiger partial charge in [-0.25, -0.2) is 0 Å². The summed E-state index contributed by atoms with van der Waals surface area (Å²) >= 11 is -2.15. The van der Waals surface area contributed by atoms with Crippen LogP contribution in [0, 0.1) is 0 Å². The van der Waals surface area contributed by atoms with E-state index in [2.05, 4.69) is 9.18 Å². The van der Waals surface area contributed by atoms with Gasteiger partial charge in [-0.1, -0.05) is 0 Å². The van der Waals surface area contributed by atoms with E-state index in [0.29, 0.717) is 6.54 Å². The molecule has 1 rings (SSSR count). The second-order valence-corrected chi connectivity index (χ2v) is 2.83. The van der Waals surface area contributed by atoms with Gasteiger partial charge in [0, 0.05) is 25.2 Å². The molecule has 1 N–H and O–H groups in total. The molecule has 0 bridgehead atoms. The fraction of sp³-hybridized carbons (Fsp3) is 0.500. The summed E-state index contributed by atoms with van der Waals surface area (Å²) < 4.78 is 22.8. The third kappa shape index (κ3) is 3.61. The third-order valence-corrected chi connectivity index (χ3v) is 1.72. The molecule has 6 heteroatoms. The zero-order valence-corrected chi connectivity index (χ0v) is 7.24.